The van der Waals surface area contributed by atoms with Crippen LogP contribution in [0.1, 0.15) is 20.8 Å². The molecular weight excluding hydrogens is 206 g/mol. The molecule has 0 bridgehead atoms. The van der Waals surface area contributed by atoms with E-state index in [9.17, 15) is 9.59 Å². The predicted molar refractivity (Wildman–Crippen MR) is 64.2 cm³/mol. The minimum absolute atomic E-state index is 0.0271. The van der Waals surface area contributed by atoms with Crippen molar-refractivity contribution < 1.29 is 9.59 Å². The highest BCUT2D eigenvalue weighted by molar-refractivity contribution is 5.79. The maximum Gasteiger partial charge on any atom is 0.319 e. The summed E-state index contributed by atoms with van der Waals surface area (Å²) < 4.78 is 0. The molecule has 0 saturated carbocycles. The van der Waals surface area contributed by atoms with Gasteiger partial charge in [0.05, 0.1) is 5.92 Å². The Kier molecular flexibility index (Phi) is 6.53. The molecule has 1 atom stereocenters. The average Bonchev–Trinajstić information content (AvgIpc) is 2.29. The van der Waals surface area contributed by atoms with E-state index in [4.69, 9.17) is 0 Å². The van der Waals surface area contributed by atoms with E-state index in [0.717, 1.165) is 0 Å². The molecule has 0 aromatic rings. The molecule has 0 aromatic carbocycles. The third kappa shape index (κ3) is 4.08. The highest BCUT2D eigenvalue weighted by Gasteiger charge is 2.19. The Morgan fingerprint density at radius 1 is 1.25 bits per heavy atom. The summed E-state index contributed by atoms with van der Waals surface area (Å²) in [6.45, 7) is 7.51. The Morgan fingerprint density at radius 2 is 1.75 bits per heavy atom. The summed E-state index contributed by atoms with van der Waals surface area (Å²) in [6.07, 6.45) is 0. The normalized spacial score (nSPS) is 11.8. The van der Waals surface area contributed by atoms with Crippen molar-refractivity contribution in [2.45, 2.75) is 20.8 Å². The number of rotatable bonds is 5. The van der Waals surface area contributed by atoms with E-state index in [-0.39, 0.29) is 17.9 Å². The van der Waals surface area contributed by atoms with Crippen molar-refractivity contribution in [3.05, 3.63) is 0 Å². The summed E-state index contributed by atoms with van der Waals surface area (Å²) in [5, 5.41) is 2.58. The van der Waals surface area contributed by atoms with E-state index in [0.29, 0.717) is 19.6 Å². The summed E-state index contributed by atoms with van der Waals surface area (Å²) in [5.41, 5.74) is 0. The van der Waals surface area contributed by atoms with Crippen LogP contribution < -0.4 is 5.32 Å². The smallest absolute Gasteiger partial charge is 0.319 e. The van der Waals surface area contributed by atoms with Gasteiger partial charge in [-0.15, -0.1) is 0 Å². The number of urea groups is 1. The van der Waals surface area contributed by atoms with Crippen molar-refractivity contribution in [3.63, 3.8) is 0 Å². The molecule has 0 aliphatic heterocycles. The zero-order valence-electron chi connectivity index (χ0n) is 10.9. The third-order valence-electron chi connectivity index (χ3n) is 2.60. The lowest BCUT2D eigenvalue weighted by atomic mass is 10.1. The minimum atomic E-state index is -0.186. The molecule has 0 heterocycles. The lowest BCUT2D eigenvalue weighted by Crippen LogP contribution is -2.44. The maximum absolute atomic E-state index is 11.9. The summed E-state index contributed by atoms with van der Waals surface area (Å²) in [6, 6.07) is -0.0271. The highest BCUT2D eigenvalue weighted by Crippen LogP contribution is 2.02. The number of amides is 3. The molecule has 1 unspecified atom stereocenters. The van der Waals surface area contributed by atoms with Gasteiger partial charge in [0.15, 0.2) is 0 Å². The second-order valence-corrected chi connectivity index (χ2v) is 3.85. The molecule has 0 spiro atoms. The van der Waals surface area contributed by atoms with Gasteiger partial charge in [-0.05, 0) is 13.8 Å². The lowest BCUT2D eigenvalue weighted by Gasteiger charge is -2.27. The molecular formula is C11H23N3O2. The Hall–Kier alpha value is -1.26. The molecule has 0 rings (SSSR count). The summed E-state index contributed by atoms with van der Waals surface area (Å²) in [7, 11) is 3.32. The first kappa shape index (κ1) is 14.7. The average molecular weight is 229 g/mol. The molecule has 1 N–H and O–H groups in total. The standard InChI is InChI=1S/C11H23N3O2/c1-6-14(7-2)11(16)13(5)8-9(3)10(15)12-4/h9H,6-8H2,1-5H3,(H,12,15). The van der Waals surface area contributed by atoms with Gasteiger partial charge < -0.3 is 15.1 Å². The second-order valence-electron chi connectivity index (χ2n) is 3.85. The van der Waals surface area contributed by atoms with Crippen LogP contribution in [0.4, 0.5) is 4.79 Å². The quantitative estimate of drug-likeness (QED) is 0.757. The molecule has 5 nitrogen and oxygen atoms in total. The van der Waals surface area contributed by atoms with Crippen LogP contribution in [0.3, 0.4) is 0 Å². The topological polar surface area (TPSA) is 52.7 Å². The van der Waals surface area contributed by atoms with E-state index in [1.807, 2.05) is 20.8 Å². The Balaban J connectivity index is 4.29. The molecule has 5 heteroatoms. The zero-order valence-corrected chi connectivity index (χ0v) is 10.9. The summed E-state index contributed by atoms with van der Waals surface area (Å²) in [4.78, 5) is 26.5. The number of nitrogens with zero attached hydrogens (tertiary/aromatic N) is 2. The van der Waals surface area contributed by atoms with Crippen LogP contribution in [0.2, 0.25) is 0 Å². The minimum Gasteiger partial charge on any atom is -0.359 e. The van der Waals surface area contributed by atoms with Crippen LogP contribution in [0.15, 0.2) is 0 Å². The van der Waals surface area contributed by atoms with Crippen LogP contribution in [-0.4, -0.2) is 55.5 Å². The van der Waals surface area contributed by atoms with Gasteiger partial charge in [-0.25, -0.2) is 4.79 Å². The molecule has 0 aliphatic carbocycles. The zero-order chi connectivity index (χ0) is 12.7. The van der Waals surface area contributed by atoms with Gasteiger partial charge in [-0.2, -0.15) is 0 Å². The van der Waals surface area contributed by atoms with Gasteiger partial charge in [0.2, 0.25) is 5.91 Å². The van der Waals surface area contributed by atoms with Gasteiger partial charge in [-0.1, -0.05) is 6.92 Å². The van der Waals surface area contributed by atoms with Crippen molar-refractivity contribution in [2.75, 3.05) is 33.7 Å². The molecule has 94 valence electrons. The number of carbonyl (C=O) groups is 2. The fraction of sp³-hybridized carbons (Fsp3) is 0.818. The van der Waals surface area contributed by atoms with Gasteiger partial charge in [0.1, 0.15) is 0 Å². The molecule has 0 aliphatic rings. The first-order valence-electron chi connectivity index (χ1n) is 5.69. The van der Waals surface area contributed by atoms with Crippen LogP contribution in [0.25, 0.3) is 0 Å². The number of carbonyl (C=O) groups excluding carboxylic acids is 2. The van der Waals surface area contributed by atoms with Crippen molar-refractivity contribution in [3.8, 4) is 0 Å². The van der Waals surface area contributed by atoms with Crippen molar-refractivity contribution in [1.29, 1.82) is 0 Å². The molecule has 3 amide bonds. The first-order valence-corrected chi connectivity index (χ1v) is 5.69. The number of hydrogen-bond acceptors (Lipinski definition) is 2. The van der Waals surface area contributed by atoms with Crippen molar-refractivity contribution in [2.24, 2.45) is 5.92 Å². The van der Waals surface area contributed by atoms with Crippen LogP contribution in [0.5, 0.6) is 0 Å². The Bertz CT molecular complexity index is 239. The summed E-state index contributed by atoms with van der Waals surface area (Å²) >= 11 is 0. The molecule has 0 saturated heterocycles. The number of nitrogens with one attached hydrogen (secondary N) is 1. The third-order valence-corrected chi connectivity index (χ3v) is 2.60. The van der Waals surface area contributed by atoms with Crippen LogP contribution in [0, 0.1) is 5.92 Å². The van der Waals surface area contributed by atoms with E-state index in [2.05, 4.69) is 5.32 Å². The molecule has 0 aromatic heterocycles. The van der Waals surface area contributed by atoms with E-state index in [1.54, 1.807) is 23.9 Å². The fourth-order valence-corrected chi connectivity index (χ4v) is 1.55. The van der Waals surface area contributed by atoms with Crippen molar-refractivity contribution >= 4 is 11.9 Å². The first-order chi connectivity index (χ1) is 7.47. The SMILES string of the molecule is CCN(CC)C(=O)N(C)CC(C)C(=O)NC. The predicted octanol–water partition coefficient (Wildman–Crippen LogP) is 0.762. The second kappa shape index (κ2) is 7.09. The Morgan fingerprint density at radius 3 is 2.12 bits per heavy atom. The van der Waals surface area contributed by atoms with E-state index in [1.165, 1.54) is 0 Å². The van der Waals surface area contributed by atoms with Crippen LogP contribution >= 0.6 is 0 Å². The fourth-order valence-electron chi connectivity index (χ4n) is 1.55. The molecule has 0 fully saturated rings. The largest absolute Gasteiger partial charge is 0.359 e. The van der Waals surface area contributed by atoms with E-state index < -0.39 is 0 Å². The lowest BCUT2D eigenvalue weighted by molar-refractivity contribution is -0.124. The maximum atomic E-state index is 11.9. The highest BCUT2D eigenvalue weighted by atomic mass is 16.2. The molecule has 16 heavy (non-hydrogen) atoms. The van der Waals surface area contributed by atoms with E-state index >= 15 is 0 Å². The van der Waals surface area contributed by atoms with Gasteiger partial charge in [-0.3, -0.25) is 4.79 Å². The number of hydrogen-bond donors (Lipinski definition) is 1. The molecule has 0 radical (unpaired) electrons. The van der Waals surface area contributed by atoms with Gasteiger partial charge >= 0.3 is 6.03 Å². The van der Waals surface area contributed by atoms with Gasteiger partial charge in [0.25, 0.3) is 0 Å². The van der Waals surface area contributed by atoms with Crippen LogP contribution in [-0.2, 0) is 4.79 Å². The van der Waals surface area contributed by atoms with Gasteiger partial charge in [0, 0.05) is 33.7 Å². The monoisotopic (exact) mass is 229 g/mol. The Labute approximate surface area is 97.8 Å². The van der Waals surface area contributed by atoms with Crippen molar-refractivity contribution in [1.82, 2.24) is 15.1 Å². The summed E-state index contributed by atoms with van der Waals surface area (Å²) in [5.74, 6) is -0.228.